The normalized spacial score (nSPS) is 13.2. The molecule has 11 heavy (non-hydrogen) atoms. The molecule has 0 atom stereocenters. The summed E-state index contributed by atoms with van der Waals surface area (Å²) in [7, 11) is 0. The average molecular weight is 154 g/mol. The molecule has 0 bridgehead atoms. The average Bonchev–Trinajstić information content (AvgIpc) is 1.88. The fourth-order valence-corrected chi connectivity index (χ4v) is 1.59. The third kappa shape index (κ3) is 4.23. The fraction of sp³-hybridized carbons (Fsp3) is 0.818. The molecule has 0 heteroatoms. The van der Waals surface area contributed by atoms with E-state index in [9.17, 15) is 0 Å². The van der Waals surface area contributed by atoms with E-state index in [1.165, 1.54) is 12.8 Å². The first-order valence-electron chi connectivity index (χ1n) is 4.80. The molecule has 0 aromatic heterocycles. The first-order chi connectivity index (χ1) is 5.11. The summed E-state index contributed by atoms with van der Waals surface area (Å²) >= 11 is 0. The summed E-state index contributed by atoms with van der Waals surface area (Å²) in [6.07, 6.45) is 4.95. The zero-order valence-corrected chi connectivity index (χ0v) is 8.65. The second-order valence-corrected chi connectivity index (χ2v) is 3.67. The van der Waals surface area contributed by atoms with Gasteiger partial charge in [-0.25, -0.2) is 0 Å². The molecule has 0 amide bonds. The highest BCUT2D eigenvalue weighted by Gasteiger charge is 2.04. The zero-order chi connectivity index (χ0) is 8.85. The lowest BCUT2D eigenvalue weighted by Gasteiger charge is -2.13. The van der Waals surface area contributed by atoms with Gasteiger partial charge in [0.2, 0.25) is 0 Å². The van der Waals surface area contributed by atoms with Gasteiger partial charge in [-0.3, -0.25) is 0 Å². The maximum absolute atomic E-state index is 2.39. The van der Waals surface area contributed by atoms with E-state index in [2.05, 4.69) is 40.7 Å². The Labute approximate surface area is 71.7 Å². The molecular formula is C11H22. The van der Waals surface area contributed by atoms with Gasteiger partial charge in [0, 0.05) is 0 Å². The summed E-state index contributed by atoms with van der Waals surface area (Å²) < 4.78 is 0. The van der Waals surface area contributed by atoms with Crippen LogP contribution < -0.4 is 0 Å². The van der Waals surface area contributed by atoms with Gasteiger partial charge in [-0.15, -0.1) is 0 Å². The summed E-state index contributed by atoms with van der Waals surface area (Å²) in [6.45, 7) is 11.3. The molecule has 0 saturated carbocycles. The minimum absolute atomic E-state index is 0.704. The fourth-order valence-electron chi connectivity index (χ4n) is 1.59. The third-order valence-electron chi connectivity index (χ3n) is 2.23. The minimum Gasteiger partial charge on any atom is -0.0828 e. The Kier molecular flexibility index (Phi) is 5.27. The molecule has 0 fully saturated rings. The van der Waals surface area contributed by atoms with Crippen LogP contribution in [0.2, 0.25) is 0 Å². The quantitative estimate of drug-likeness (QED) is 0.536. The van der Waals surface area contributed by atoms with E-state index in [0.717, 1.165) is 5.92 Å². The highest BCUT2D eigenvalue weighted by molar-refractivity contribution is 5.03. The van der Waals surface area contributed by atoms with Gasteiger partial charge >= 0.3 is 0 Å². The standard InChI is InChI=1S/C11H22/c1-6-11(7-2)10(5)8-9(3)4/h8-9,11H,6-7H2,1-5H3. The zero-order valence-electron chi connectivity index (χ0n) is 8.65. The van der Waals surface area contributed by atoms with Crippen molar-refractivity contribution in [2.75, 3.05) is 0 Å². The highest BCUT2D eigenvalue weighted by atomic mass is 14.1. The molecule has 0 heterocycles. The summed E-state index contributed by atoms with van der Waals surface area (Å²) in [6, 6.07) is 0. The maximum Gasteiger partial charge on any atom is -0.0211 e. The molecule has 0 saturated heterocycles. The molecule has 0 radical (unpaired) electrons. The van der Waals surface area contributed by atoms with Crippen molar-refractivity contribution in [1.29, 1.82) is 0 Å². The molecule has 0 aliphatic rings. The molecule has 0 unspecified atom stereocenters. The van der Waals surface area contributed by atoms with E-state index >= 15 is 0 Å². The van der Waals surface area contributed by atoms with E-state index in [1.54, 1.807) is 5.57 Å². The number of hydrogen-bond acceptors (Lipinski definition) is 0. The monoisotopic (exact) mass is 154 g/mol. The van der Waals surface area contributed by atoms with Crippen LogP contribution in [0.3, 0.4) is 0 Å². The summed E-state index contributed by atoms with van der Waals surface area (Å²) in [4.78, 5) is 0. The Morgan fingerprint density at radius 1 is 1.18 bits per heavy atom. The van der Waals surface area contributed by atoms with Crippen LogP contribution in [-0.4, -0.2) is 0 Å². The van der Waals surface area contributed by atoms with Gasteiger partial charge in [0.1, 0.15) is 0 Å². The molecule has 0 rings (SSSR count). The Balaban J connectivity index is 4.07. The van der Waals surface area contributed by atoms with Crippen molar-refractivity contribution < 1.29 is 0 Å². The van der Waals surface area contributed by atoms with Crippen LogP contribution in [0.25, 0.3) is 0 Å². The van der Waals surface area contributed by atoms with E-state index in [4.69, 9.17) is 0 Å². The molecule has 0 nitrogen and oxygen atoms in total. The SMILES string of the molecule is CCC(CC)C(C)=CC(C)C. The molecule has 0 aromatic rings. The van der Waals surface area contributed by atoms with E-state index in [-0.39, 0.29) is 0 Å². The van der Waals surface area contributed by atoms with Crippen LogP contribution in [0.4, 0.5) is 0 Å². The van der Waals surface area contributed by atoms with Gasteiger partial charge in [0.25, 0.3) is 0 Å². The molecule has 0 aliphatic carbocycles. The van der Waals surface area contributed by atoms with Crippen molar-refractivity contribution in [3.8, 4) is 0 Å². The van der Waals surface area contributed by atoms with Crippen molar-refractivity contribution in [2.24, 2.45) is 11.8 Å². The Hall–Kier alpha value is -0.260. The smallest absolute Gasteiger partial charge is 0.0211 e. The molecule has 0 aromatic carbocycles. The van der Waals surface area contributed by atoms with Crippen LogP contribution in [0, 0.1) is 11.8 Å². The van der Waals surface area contributed by atoms with Crippen molar-refractivity contribution in [1.82, 2.24) is 0 Å². The first kappa shape index (κ1) is 10.7. The molecular weight excluding hydrogens is 132 g/mol. The van der Waals surface area contributed by atoms with Crippen molar-refractivity contribution >= 4 is 0 Å². The summed E-state index contributed by atoms with van der Waals surface area (Å²) in [5, 5.41) is 0. The van der Waals surface area contributed by atoms with Gasteiger partial charge in [0.05, 0.1) is 0 Å². The molecule has 0 spiro atoms. The largest absolute Gasteiger partial charge is 0.0828 e. The van der Waals surface area contributed by atoms with E-state index in [1.807, 2.05) is 0 Å². The maximum atomic E-state index is 2.39. The van der Waals surface area contributed by atoms with Crippen LogP contribution in [-0.2, 0) is 0 Å². The summed E-state index contributed by atoms with van der Waals surface area (Å²) in [5.41, 5.74) is 1.57. The van der Waals surface area contributed by atoms with Gasteiger partial charge in [0.15, 0.2) is 0 Å². The summed E-state index contributed by atoms with van der Waals surface area (Å²) in [5.74, 6) is 1.52. The van der Waals surface area contributed by atoms with Crippen LogP contribution in [0.15, 0.2) is 11.6 Å². The lowest BCUT2D eigenvalue weighted by atomic mass is 9.93. The van der Waals surface area contributed by atoms with Crippen molar-refractivity contribution in [3.05, 3.63) is 11.6 Å². The molecule has 0 N–H and O–H groups in total. The third-order valence-corrected chi connectivity index (χ3v) is 2.23. The Morgan fingerprint density at radius 3 is 1.91 bits per heavy atom. The lowest BCUT2D eigenvalue weighted by molar-refractivity contribution is 0.564. The topological polar surface area (TPSA) is 0 Å². The van der Waals surface area contributed by atoms with Crippen molar-refractivity contribution in [3.63, 3.8) is 0 Å². The van der Waals surface area contributed by atoms with Gasteiger partial charge in [-0.05, 0) is 31.6 Å². The highest BCUT2D eigenvalue weighted by Crippen LogP contribution is 2.19. The number of rotatable bonds is 4. The molecule has 0 aliphatic heterocycles. The Morgan fingerprint density at radius 2 is 1.64 bits per heavy atom. The predicted molar refractivity (Wildman–Crippen MR) is 52.7 cm³/mol. The van der Waals surface area contributed by atoms with Gasteiger partial charge in [-0.1, -0.05) is 39.3 Å². The van der Waals surface area contributed by atoms with E-state index in [0.29, 0.717) is 5.92 Å². The Bertz CT molecular complexity index is 116. The predicted octanol–water partition coefficient (Wildman–Crippen LogP) is 4.02. The van der Waals surface area contributed by atoms with Crippen molar-refractivity contribution in [2.45, 2.75) is 47.5 Å². The van der Waals surface area contributed by atoms with Gasteiger partial charge in [-0.2, -0.15) is 0 Å². The van der Waals surface area contributed by atoms with Crippen LogP contribution in [0.1, 0.15) is 47.5 Å². The molecule has 66 valence electrons. The minimum atomic E-state index is 0.704. The van der Waals surface area contributed by atoms with E-state index < -0.39 is 0 Å². The number of hydrogen-bond donors (Lipinski definition) is 0. The number of allylic oxidation sites excluding steroid dienone is 2. The first-order valence-corrected chi connectivity index (χ1v) is 4.80. The second-order valence-electron chi connectivity index (χ2n) is 3.67. The van der Waals surface area contributed by atoms with Crippen LogP contribution in [0.5, 0.6) is 0 Å². The second kappa shape index (κ2) is 5.40. The van der Waals surface area contributed by atoms with Crippen LogP contribution >= 0.6 is 0 Å². The van der Waals surface area contributed by atoms with Gasteiger partial charge < -0.3 is 0 Å². The lowest BCUT2D eigenvalue weighted by Crippen LogP contribution is -1.99.